The summed E-state index contributed by atoms with van der Waals surface area (Å²) in [6.07, 6.45) is -0.641. The van der Waals surface area contributed by atoms with Gasteiger partial charge in [0, 0.05) is 12.0 Å². The molecule has 0 saturated carbocycles. The Kier molecular flexibility index (Phi) is 4.01. The van der Waals surface area contributed by atoms with Gasteiger partial charge in [0.25, 0.3) is 0 Å². The smallest absolute Gasteiger partial charge is 0.0853 e. The molecule has 1 atom stereocenters. The zero-order valence-electron chi connectivity index (χ0n) is 8.80. The van der Waals surface area contributed by atoms with E-state index in [2.05, 4.69) is 0 Å². The van der Waals surface area contributed by atoms with Crippen LogP contribution in [0.15, 0.2) is 18.2 Å². The fourth-order valence-electron chi connectivity index (χ4n) is 1.25. The minimum atomic E-state index is -0.641. The average molecular weight is 248 g/mol. The van der Waals surface area contributed by atoms with Crippen molar-refractivity contribution in [2.24, 2.45) is 11.1 Å². The molecule has 0 radical (unpaired) electrons. The Labute approximate surface area is 100.0 Å². The van der Waals surface area contributed by atoms with Gasteiger partial charge in [0.1, 0.15) is 0 Å². The van der Waals surface area contributed by atoms with Crippen LogP contribution in [0.4, 0.5) is 0 Å². The van der Waals surface area contributed by atoms with E-state index in [1.54, 1.807) is 18.2 Å². The van der Waals surface area contributed by atoms with Crippen LogP contribution < -0.4 is 5.73 Å². The SMILES string of the molecule is CC(C)(CN)C(O)c1ccc(Cl)c(Cl)c1. The zero-order chi connectivity index (χ0) is 11.6. The number of nitrogens with two attached hydrogens (primary N) is 1. The van der Waals surface area contributed by atoms with Crippen molar-refractivity contribution in [1.82, 2.24) is 0 Å². The molecule has 1 aromatic rings. The molecule has 84 valence electrons. The monoisotopic (exact) mass is 247 g/mol. The summed E-state index contributed by atoms with van der Waals surface area (Å²) in [6, 6.07) is 5.11. The molecule has 4 heteroatoms. The van der Waals surface area contributed by atoms with Gasteiger partial charge in [-0.05, 0) is 17.7 Å². The van der Waals surface area contributed by atoms with Crippen molar-refractivity contribution in [3.63, 3.8) is 0 Å². The number of hydrogen-bond acceptors (Lipinski definition) is 2. The van der Waals surface area contributed by atoms with Gasteiger partial charge in [-0.3, -0.25) is 0 Å². The standard InChI is InChI=1S/C11H15Cl2NO/c1-11(2,6-14)10(15)7-3-4-8(12)9(13)5-7/h3-5,10,15H,6,14H2,1-2H3. The number of halogens is 2. The van der Waals surface area contributed by atoms with E-state index in [9.17, 15) is 5.11 Å². The molecule has 1 unspecified atom stereocenters. The minimum absolute atomic E-state index is 0.378. The van der Waals surface area contributed by atoms with Gasteiger partial charge < -0.3 is 10.8 Å². The molecule has 2 nitrogen and oxygen atoms in total. The van der Waals surface area contributed by atoms with Crippen molar-refractivity contribution in [2.75, 3.05) is 6.54 Å². The third kappa shape index (κ3) is 2.85. The second-order valence-electron chi connectivity index (χ2n) is 4.27. The molecule has 0 aliphatic heterocycles. The number of aliphatic hydroxyl groups excluding tert-OH is 1. The Morgan fingerprint density at radius 2 is 1.93 bits per heavy atom. The largest absolute Gasteiger partial charge is 0.388 e. The first kappa shape index (κ1) is 12.8. The highest BCUT2D eigenvalue weighted by Gasteiger charge is 2.27. The molecule has 0 aliphatic carbocycles. The summed E-state index contributed by atoms with van der Waals surface area (Å²) in [5.74, 6) is 0. The summed E-state index contributed by atoms with van der Waals surface area (Å²) in [6.45, 7) is 4.20. The van der Waals surface area contributed by atoms with Crippen LogP contribution in [0.5, 0.6) is 0 Å². The molecule has 0 saturated heterocycles. The van der Waals surface area contributed by atoms with Gasteiger partial charge in [-0.15, -0.1) is 0 Å². The third-order valence-corrected chi connectivity index (χ3v) is 3.26. The molecule has 1 aromatic carbocycles. The van der Waals surface area contributed by atoms with Gasteiger partial charge in [0.05, 0.1) is 16.1 Å². The Morgan fingerprint density at radius 3 is 2.40 bits per heavy atom. The summed E-state index contributed by atoms with van der Waals surface area (Å²) in [7, 11) is 0. The van der Waals surface area contributed by atoms with Crippen LogP contribution in [0.25, 0.3) is 0 Å². The molecule has 0 fully saturated rings. The maximum atomic E-state index is 10.1. The van der Waals surface area contributed by atoms with E-state index in [1.165, 1.54) is 0 Å². The first-order chi connectivity index (χ1) is 6.88. The van der Waals surface area contributed by atoms with Crippen molar-refractivity contribution in [1.29, 1.82) is 0 Å². The van der Waals surface area contributed by atoms with E-state index >= 15 is 0 Å². The van der Waals surface area contributed by atoms with Gasteiger partial charge >= 0.3 is 0 Å². The normalized spacial score (nSPS) is 14.0. The molecule has 3 N–H and O–H groups in total. The maximum Gasteiger partial charge on any atom is 0.0853 e. The highest BCUT2D eigenvalue weighted by molar-refractivity contribution is 6.42. The second-order valence-corrected chi connectivity index (χ2v) is 5.08. The van der Waals surface area contributed by atoms with Crippen LogP contribution in [0.2, 0.25) is 10.0 Å². The summed E-state index contributed by atoms with van der Waals surface area (Å²) < 4.78 is 0. The van der Waals surface area contributed by atoms with Gasteiger partial charge in [0.2, 0.25) is 0 Å². The van der Waals surface area contributed by atoms with Gasteiger partial charge in [-0.1, -0.05) is 43.1 Å². The molecule has 0 aliphatic rings. The highest BCUT2D eigenvalue weighted by Crippen LogP contribution is 2.34. The van der Waals surface area contributed by atoms with Crippen LogP contribution in [-0.2, 0) is 0 Å². The van der Waals surface area contributed by atoms with Crippen molar-refractivity contribution in [3.05, 3.63) is 33.8 Å². The van der Waals surface area contributed by atoms with Crippen LogP contribution in [-0.4, -0.2) is 11.7 Å². The Hall–Kier alpha value is -0.280. The van der Waals surface area contributed by atoms with E-state index < -0.39 is 6.10 Å². The van der Waals surface area contributed by atoms with E-state index in [4.69, 9.17) is 28.9 Å². The van der Waals surface area contributed by atoms with E-state index in [-0.39, 0.29) is 5.41 Å². The number of rotatable bonds is 3. The van der Waals surface area contributed by atoms with Crippen LogP contribution in [0, 0.1) is 5.41 Å². The molecule has 1 rings (SSSR count). The van der Waals surface area contributed by atoms with E-state index in [1.807, 2.05) is 13.8 Å². The van der Waals surface area contributed by atoms with Gasteiger partial charge in [-0.2, -0.15) is 0 Å². The molecular weight excluding hydrogens is 233 g/mol. The average Bonchev–Trinajstić information content (AvgIpc) is 2.21. The molecule has 0 aromatic heterocycles. The summed E-state index contributed by atoms with van der Waals surface area (Å²) in [5, 5.41) is 11.0. The Balaban J connectivity index is 3.02. The first-order valence-electron chi connectivity index (χ1n) is 4.71. The Bertz CT molecular complexity index is 352. The predicted octanol–water partition coefficient (Wildman–Crippen LogP) is 3.01. The lowest BCUT2D eigenvalue weighted by Gasteiger charge is -2.29. The number of aliphatic hydroxyl groups is 1. The van der Waals surface area contributed by atoms with Crippen molar-refractivity contribution in [2.45, 2.75) is 20.0 Å². The maximum absolute atomic E-state index is 10.1. The lowest BCUT2D eigenvalue weighted by molar-refractivity contribution is 0.0555. The predicted molar refractivity (Wildman–Crippen MR) is 64.3 cm³/mol. The molecule has 0 bridgehead atoms. The molecule has 0 heterocycles. The fraction of sp³-hybridized carbons (Fsp3) is 0.455. The second kappa shape index (κ2) is 4.71. The van der Waals surface area contributed by atoms with Crippen molar-refractivity contribution in [3.8, 4) is 0 Å². The summed E-state index contributed by atoms with van der Waals surface area (Å²) >= 11 is 11.7. The molecule has 0 spiro atoms. The lowest BCUT2D eigenvalue weighted by Crippen LogP contribution is -2.30. The van der Waals surface area contributed by atoms with Crippen molar-refractivity contribution < 1.29 is 5.11 Å². The number of benzene rings is 1. The third-order valence-electron chi connectivity index (χ3n) is 2.53. The van der Waals surface area contributed by atoms with Gasteiger partial charge in [-0.25, -0.2) is 0 Å². The minimum Gasteiger partial charge on any atom is -0.388 e. The van der Waals surface area contributed by atoms with Gasteiger partial charge in [0.15, 0.2) is 0 Å². The Morgan fingerprint density at radius 1 is 1.33 bits per heavy atom. The lowest BCUT2D eigenvalue weighted by atomic mass is 9.83. The molecular formula is C11H15Cl2NO. The fourth-order valence-corrected chi connectivity index (χ4v) is 1.55. The van der Waals surface area contributed by atoms with Crippen LogP contribution >= 0.6 is 23.2 Å². The molecule has 15 heavy (non-hydrogen) atoms. The number of hydrogen-bond donors (Lipinski definition) is 2. The molecule has 0 amide bonds. The van der Waals surface area contributed by atoms with Crippen LogP contribution in [0.1, 0.15) is 25.5 Å². The van der Waals surface area contributed by atoms with E-state index in [0.717, 1.165) is 5.56 Å². The van der Waals surface area contributed by atoms with E-state index in [0.29, 0.717) is 16.6 Å². The van der Waals surface area contributed by atoms with Crippen LogP contribution in [0.3, 0.4) is 0 Å². The summed E-state index contributed by atoms with van der Waals surface area (Å²) in [5.41, 5.74) is 5.95. The topological polar surface area (TPSA) is 46.2 Å². The zero-order valence-corrected chi connectivity index (χ0v) is 10.3. The quantitative estimate of drug-likeness (QED) is 0.863. The summed E-state index contributed by atoms with van der Waals surface area (Å²) in [4.78, 5) is 0. The highest BCUT2D eigenvalue weighted by atomic mass is 35.5. The van der Waals surface area contributed by atoms with Crippen molar-refractivity contribution >= 4 is 23.2 Å². The first-order valence-corrected chi connectivity index (χ1v) is 5.47.